The van der Waals surface area contributed by atoms with Crippen LogP contribution in [-0.2, 0) is 0 Å². The van der Waals surface area contributed by atoms with Gasteiger partial charge in [-0.2, -0.15) is 5.10 Å². The van der Waals surface area contributed by atoms with E-state index in [1.807, 2.05) is 10.9 Å². The number of hydrogen-bond donors (Lipinski definition) is 1. The maximum atomic E-state index is 5.61. The van der Waals surface area contributed by atoms with Crippen LogP contribution in [0.3, 0.4) is 0 Å². The normalized spacial score (nSPS) is 11.0. The minimum Gasteiger partial charge on any atom is -0.381 e. The molecule has 0 spiro atoms. The number of hydrogen-bond acceptors (Lipinski definition) is 2. The van der Waals surface area contributed by atoms with E-state index in [0.717, 1.165) is 17.3 Å². The molecule has 0 aliphatic carbocycles. The summed E-state index contributed by atoms with van der Waals surface area (Å²) >= 11 is 3.33. The van der Waals surface area contributed by atoms with Gasteiger partial charge in [-0.05, 0) is 28.8 Å². The maximum Gasteiger partial charge on any atom is 0.159 e. The lowest BCUT2D eigenvalue weighted by Gasteiger charge is -2.11. The average Bonchev–Trinajstić information content (AvgIpc) is 2.35. The van der Waals surface area contributed by atoms with Gasteiger partial charge in [0.2, 0.25) is 0 Å². The second-order valence-corrected chi connectivity index (χ2v) is 3.67. The van der Waals surface area contributed by atoms with Gasteiger partial charge in [-0.25, -0.2) is 0 Å². The van der Waals surface area contributed by atoms with Crippen LogP contribution in [0.1, 0.15) is 32.7 Å². The van der Waals surface area contributed by atoms with E-state index in [4.69, 9.17) is 5.73 Å². The van der Waals surface area contributed by atoms with Gasteiger partial charge in [0, 0.05) is 6.20 Å². The third kappa shape index (κ3) is 1.80. The second-order valence-electron chi connectivity index (χ2n) is 2.81. The van der Waals surface area contributed by atoms with Crippen LogP contribution < -0.4 is 5.73 Å². The van der Waals surface area contributed by atoms with E-state index in [1.54, 1.807) is 0 Å². The van der Waals surface area contributed by atoms with Crippen molar-refractivity contribution < 1.29 is 0 Å². The number of nitrogens with zero attached hydrogens (tertiary/aromatic N) is 2. The van der Waals surface area contributed by atoms with Crippen molar-refractivity contribution in [3.8, 4) is 0 Å². The number of nitrogen functional groups attached to an aromatic ring is 1. The zero-order valence-corrected chi connectivity index (χ0v) is 9.00. The standard InChI is InChI=1S/C8H14BrN3/c1-3-6(4-2)12-5-7(9)8(10)11-12/h5-6H,3-4H2,1-2H3,(H2,10,11). The molecule has 0 aromatic carbocycles. The molecule has 0 saturated heterocycles. The maximum absolute atomic E-state index is 5.61. The zero-order valence-electron chi connectivity index (χ0n) is 7.42. The summed E-state index contributed by atoms with van der Waals surface area (Å²) in [6.07, 6.45) is 4.11. The Labute approximate surface area is 81.1 Å². The van der Waals surface area contributed by atoms with Crippen molar-refractivity contribution in [1.82, 2.24) is 9.78 Å². The Kier molecular flexibility index (Phi) is 3.14. The molecule has 0 amide bonds. The third-order valence-electron chi connectivity index (χ3n) is 2.03. The molecule has 1 heterocycles. The van der Waals surface area contributed by atoms with Crippen molar-refractivity contribution in [1.29, 1.82) is 0 Å². The lowest BCUT2D eigenvalue weighted by atomic mass is 10.2. The van der Waals surface area contributed by atoms with E-state index in [0.29, 0.717) is 11.9 Å². The van der Waals surface area contributed by atoms with Gasteiger partial charge in [0.25, 0.3) is 0 Å². The zero-order chi connectivity index (χ0) is 9.14. The largest absolute Gasteiger partial charge is 0.381 e. The predicted octanol–water partition coefficient (Wildman–Crippen LogP) is 2.59. The molecule has 0 aliphatic rings. The van der Waals surface area contributed by atoms with Crippen LogP contribution in [0.25, 0.3) is 0 Å². The van der Waals surface area contributed by atoms with E-state index < -0.39 is 0 Å². The number of nitrogens with two attached hydrogens (primary N) is 1. The summed E-state index contributed by atoms with van der Waals surface area (Å²) in [5.74, 6) is 0.571. The van der Waals surface area contributed by atoms with E-state index in [2.05, 4.69) is 34.9 Å². The van der Waals surface area contributed by atoms with E-state index >= 15 is 0 Å². The Balaban J connectivity index is 2.86. The number of rotatable bonds is 3. The van der Waals surface area contributed by atoms with Crippen LogP contribution in [0.5, 0.6) is 0 Å². The fourth-order valence-corrected chi connectivity index (χ4v) is 1.52. The number of aromatic nitrogens is 2. The predicted molar refractivity (Wildman–Crippen MR) is 54.0 cm³/mol. The Morgan fingerprint density at radius 3 is 2.50 bits per heavy atom. The Morgan fingerprint density at radius 1 is 1.58 bits per heavy atom. The highest BCUT2D eigenvalue weighted by atomic mass is 79.9. The lowest BCUT2D eigenvalue weighted by molar-refractivity contribution is 0.429. The first-order valence-electron chi connectivity index (χ1n) is 4.19. The van der Waals surface area contributed by atoms with Gasteiger partial charge in [-0.1, -0.05) is 13.8 Å². The molecule has 0 bridgehead atoms. The minimum absolute atomic E-state index is 0.471. The fourth-order valence-electron chi connectivity index (χ4n) is 1.23. The van der Waals surface area contributed by atoms with Crippen LogP contribution in [0.2, 0.25) is 0 Å². The van der Waals surface area contributed by atoms with Gasteiger partial charge < -0.3 is 5.73 Å². The van der Waals surface area contributed by atoms with Gasteiger partial charge in [0.1, 0.15) is 0 Å². The average molecular weight is 232 g/mol. The van der Waals surface area contributed by atoms with Gasteiger partial charge in [-0.3, -0.25) is 4.68 Å². The molecule has 0 saturated carbocycles. The summed E-state index contributed by atoms with van der Waals surface area (Å²) in [6.45, 7) is 4.31. The molecular weight excluding hydrogens is 218 g/mol. The monoisotopic (exact) mass is 231 g/mol. The van der Waals surface area contributed by atoms with Crippen molar-refractivity contribution in [2.75, 3.05) is 5.73 Å². The summed E-state index contributed by atoms with van der Waals surface area (Å²) in [6, 6.07) is 0.471. The highest BCUT2D eigenvalue weighted by Crippen LogP contribution is 2.22. The van der Waals surface area contributed by atoms with Crippen molar-refractivity contribution in [3.63, 3.8) is 0 Å². The Hall–Kier alpha value is -0.510. The first-order valence-corrected chi connectivity index (χ1v) is 4.98. The van der Waals surface area contributed by atoms with Gasteiger partial charge >= 0.3 is 0 Å². The van der Waals surface area contributed by atoms with Gasteiger partial charge in [0.15, 0.2) is 5.82 Å². The quantitative estimate of drug-likeness (QED) is 0.870. The Bertz CT molecular complexity index is 233. The second kappa shape index (κ2) is 3.94. The number of anilines is 1. The highest BCUT2D eigenvalue weighted by molar-refractivity contribution is 9.10. The fraction of sp³-hybridized carbons (Fsp3) is 0.625. The summed E-state index contributed by atoms with van der Waals surface area (Å²) in [5.41, 5.74) is 5.61. The molecule has 0 aliphatic heterocycles. The van der Waals surface area contributed by atoms with Crippen molar-refractivity contribution in [2.24, 2.45) is 0 Å². The van der Waals surface area contributed by atoms with Crippen molar-refractivity contribution >= 4 is 21.7 Å². The molecule has 1 aromatic rings. The summed E-state index contributed by atoms with van der Waals surface area (Å²) < 4.78 is 2.81. The smallest absolute Gasteiger partial charge is 0.159 e. The molecule has 0 atom stereocenters. The van der Waals surface area contributed by atoms with Crippen LogP contribution in [0, 0.1) is 0 Å². The molecule has 2 N–H and O–H groups in total. The van der Waals surface area contributed by atoms with E-state index in [-0.39, 0.29) is 0 Å². The summed E-state index contributed by atoms with van der Waals surface area (Å²) in [5, 5.41) is 4.20. The van der Waals surface area contributed by atoms with E-state index in [9.17, 15) is 0 Å². The van der Waals surface area contributed by atoms with Crippen LogP contribution in [0.15, 0.2) is 10.7 Å². The molecule has 4 heteroatoms. The van der Waals surface area contributed by atoms with E-state index in [1.165, 1.54) is 0 Å². The molecule has 0 fully saturated rings. The van der Waals surface area contributed by atoms with Gasteiger partial charge in [-0.15, -0.1) is 0 Å². The number of halogens is 1. The van der Waals surface area contributed by atoms with Crippen molar-refractivity contribution in [3.05, 3.63) is 10.7 Å². The first-order chi connectivity index (χ1) is 5.69. The third-order valence-corrected chi connectivity index (χ3v) is 2.64. The molecule has 1 rings (SSSR count). The molecule has 1 aromatic heterocycles. The van der Waals surface area contributed by atoms with Crippen LogP contribution in [0.4, 0.5) is 5.82 Å². The SMILES string of the molecule is CCC(CC)n1cc(Br)c(N)n1. The minimum atomic E-state index is 0.471. The molecular formula is C8H14BrN3. The molecule has 12 heavy (non-hydrogen) atoms. The molecule has 0 unspecified atom stereocenters. The molecule has 0 radical (unpaired) electrons. The lowest BCUT2D eigenvalue weighted by Crippen LogP contribution is -2.07. The topological polar surface area (TPSA) is 43.8 Å². The van der Waals surface area contributed by atoms with Crippen molar-refractivity contribution in [2.45, 2.75) is 32.7 Å². The summed E-state index contributed by atoms with van der Waals surface area (Å²) in [7, 11) is 0. The molecule has 68 valence electrons. The first kappa shape index (κ1) is 9.58. The summed E-state index contributed by atoms with van der Waals surface area (Å²) in [4.78, 5) is 0. The Morgan fingerprint density at radius 2 is 2.17 bits per heavy atom. The van der Waals surface area contributed by atoms with Crippen LogP contribution in [-0.4, -0.2) is 9.78 Å². The van der Waals surface area contributed by atoms with Gasteiger partial charge in [0.05, 0.1) is 10.5 Å². The molecule has 3 nitrogen and oxygen atoms in total. The van der Waals surface area contributed by atoms with Crippen LogP contribution >= 0.6 is 15.9 Å². The highest BCUT2D eigenvalue weighted by Gasteiger charge is 2.09.